The van der Waals surface area contributed by atoms with Crippen LogP contribution in [0.5, 0.6) is 0 Å². The van der Waals surface area contributed by atoms with Crippen LogP contribution >= 0.6 is 0 Å². The van der Waals surface area contributed by atoms with E-state index in [-0.39, 0.29) is 24.8 Å². The minimum atomic E-state index is -1.91. The first-order valence-electron chi connectivity index (χ1n) is 15.2. The number of nitrogens with two attached hydrogens (primary N) is 1. The molecule has 2 aromatic heterocycles. The summed E-state index contributed by atoms with van der Waals surface area (Å²) in [4.78, 5) is 36.8. The Morgan fingerprint density at radius 3 is 2.91 bits per heavy atom. The molecule has 1 aliphatic heterocycles. The molecule has 3 aromatic rings. The molecule has 2 amide bonds. The number of anilines is 2. The van der Waals surface area contributed by atoms with Crippen LogP contribution in [0.2, 0.25) is 0 Å². The van der Waals surface area contributed by atoms with Crippen molar-refractivity contribution in [3.63, 3.8) is 0 Å². The number of rotatable bonds is 12. The summed E-state index contributed by atoms with van der Waals surface area (Å²) in [6.07, 6.45) is 5.92. The summed E-state index contributed by atoms with van der Waals surface area (Å²) in [5.41, 5.74) is 5.30. The second-order valence-electron chi connectivity index (χ2n) is 11.7. The lowest BCUT2D eigenvalue weighted by Crippen LogP contribution is -2.40. The maximum absolute atomic E-state index is 13.5. The molecule has 0 spiro atoms. The first kappa shape index (κ1) is 32.5. The van der Waals surface area contributed by atoms with E-state index in [2.05, 4.69) is 36.5 Å². The SMILES string of the molecule is CC1CC(CNC(=O)c2nn(CCCN=[S-](=O)ON)c3c2CCc2cnc(Nc4cccc(CC(=O)N(C)C)c4)nc2-3)CCN1. The lowest BCUT2D eigenvalue weighted by molar-refractivity contribution is -0.127. The second-order valence-corrected chi connectivity index (χ2v) is 12.6. The predicted octanol–water partition coefficient (Wildman–Crippen LogP) is 2.27. The molecule has 3 heterocycles. The van der Waals surface area contributed by atoms with Crippen molar-refractivity contribution in [2.24, 2.45) is 16.2 Å². The zero-order valence-corrected chi connectivity index (χ0v) is 26.7. The van der Waals surface area contributed by atoms with Gasteiger partial charge < -0.3 is 33.7 Å². The highest BCUT2D eigenvalue weighted by molar-refractivity contribution is 7.69. The number of carbonyl (C=O) groups is 2. The van der Waals surface area contributed by atoms with E-state index < -0.39 is 10.9 Å². The largest absolute Gasteiger partial charge is 0.416 e. The summed E-state index contributed by atoms with van der Waals surface area (Å²) in [5.74, 6) is 5.57. The molecule has 0 saturated carbocycles. The van der Waals surface area contributed by atoms with Crippen molar-refractivity contribution >= 4 is 34.3 Å². The van der Waals surface area contributed by atoms with Gasteiger partial charge in [-0.25, -0.2) is 15.9 Å². The van der Waals surface area contributed by atoms with Crippen LogP contribution in [0, 0.1) is 5.92 Å². The van der Waals surface area contributed by atoms with Crippen molar-refractivity contribution in [3.8, 4) is 11.4 Å². The van der Waals surface area contributed by atoms with Gasteiger partial charge in [-0.3, -0.25) is 14.3 Å². The molecule has 14 nitrogen and oxygen atoms in total. The van der Waals surface area contributed by atoms with E-state index in [4.69, 9.17) is 16.0 Å². The molecule has 5 N–H and O–H groups in total. The molecule has 1 aromatic carbocycles. The van der Waals surface area contributed by atoms with Crippen molar-refractivity contribution in [2.45, 2.75) is 58.0 Å². The molecule has 45 heavy (non-hydrogen) atoms. The van der Waals surface area contributed by atoms with Gasteiger partial charge in [0.05, 0.1) is 17.8 Å². The van der Waals surface area contributed by atoms with Crippen molar-refractivity contribution in [2.75, 3.05) is 39.0 Å². The lowest BCUT2D eigenvalue weighted by Gasteiger charge is -2.28. The van der Waals surface area contributed by atoms with Gasteiger partial charge in [-0.15, -0.1) is 0 Å². The normalized spacial score (nSPS) is 18.1. The van der Waals surface area contributed by atoms with Gasteiger partial charge >= 0.3 is 0 Å². The number of benzene rings is 1. The van der Waals surface area contributed by atoms with Crippen molar-refractivity contribution < 1.29 is 18.1 Å². The van der Waals surface area contributed by atoms with Crippen molar-refractivity contribution in [1.29, 1.82) is 0 Å². The van der Waals surface area contributed by atoms with E-state index in [1.54, 1.807) is 29.9 Å². The average molecular weight is 638 g/mol. The van der Waals surface area contributed by atoms with E-state index >= 15 is 0 Å². The van der Waals surface area contributed by atoms with Crippen LogP contribution in [0.15, 0.2) is 34.8 Å². The number of hydrogen-bond donors (Lipinski definition) is 4. The fourth-order valence-electron chi connectivity index (χ4n) is 5.81. The molecule has 1 aliphatic carbocycles. The Balaban J connectivity index is 1.41. The number of aromatic nitrogens is 4. The zero-order chi connectivity index (χ0) is 31.9. The molecule has 2 atom stereocenters. The number of amides is 2. The summed E-state index contributed by atoms with van der Waals surface area (Å²) in [6.45, 7) is 4.37. The molecule has 2 aliphatic rings. The monoisotopic (exact) mass is 637 g/mol. The molecule has 0 bridgehead atoms. The van der Waals surface area contributed by atoms with Crippen molar-refractivity contribution in [1.82, 2.24) is 35.3 Å². The number of hydrogen-bond acceptors (Lipinski definition) is 12. The average Bonchev–Trinajstić information content (AvgIpc) is 3.41. The topological polar surface area (TPSA) is 182 Å². The first-order chi connectivity index (χ1) is 21.7. The molecule has 0 radical (unpaired) electrons. The predicted molar refractivity (Wildman–Crippen MR) is 171 cm³/mol. The maximum Gasteiger partial charge on any atom is 0.272 e. The third kappa shape index (κ3) is 8.22. The van der Waals surface area contributed by atoms with Gasteiger partial charge in [-0.2, -0.15) is 5.10 Å². The first-order valence-corrected chi connectivity index (χ1v) is 16.2. The number of likely N-dealkylation sites (N-methyl/N-ethyl adjacent to an activating group) is 1. The maximum atomic E-state index is 13.5. The number of carbonyl (C=O) groups excluding carboxylic acids is 2. The van der Waals surface area contributed by atoms with Crippen molar-refractivity contribution in [3.05, 3.63) is 52.8 Å². The zero-order valence-electron chi connectivity index (χ0n) is 25.9. The second kappa shape index (κ2) is 14.9. The van der Waals surface area contributed by atoms with Crippen LogP contribution < -0.4 is 21.8 Å². The highest BCUT2D eigenvalue weighted by Gasteiger charge is 2.30. The lowest BCUT2D eigenvalue weighted by atomic mass is 9.92. The van der Waals surface area contributed by atoms with Gasteiger partial charge in [0, 0.05) is 57.2 Å². The van der Waals surface area contributed by atoms with Gasteiger partial charge in [0.15, 0.2) is 5.69 Å². The molecule has 1 saturated heterocycles. The number of aryl methyl sites for hydroxylation is 2. The fraction of sp³-hybridized carbons (Fsp3) is 0.500. The smallest absolute Gasteiger partial charge is 0.272 e. The quantitative estimate of drug-likeness (QED) is 0.131. The van der Waals surface area contributed by atoms with E-state index in [9.17, 15) is 13.8 Å². The number of nitrogens with one attached hydrogen (secondary N) is 3. The van der Waals surface area contributed by atoms with Crippen LogP contribution in [0.1, 0.15) is 53.4 Å². The van der Waals surface area contributed by atoms with E-state index in [1.807, 2.05) is 24.3 Å². The summed E-state index contributed by atoms with van der Waals surface area (Å²) in [5, 5.41) is 14.6. The van der Waals surface area contributed by atoms with Crippen LogP contribution in [0.4, 0.5) is 11.6 Å². The van der Waals surface area contributed by atoms with Crippen LogP contribution in [0.25, 0.3) is 11.4 Å². The van der Waals surface area contributed by atoms with Gasteiger partial charge in [-0.05, 0) is 85.6 Å². The number of fused-ring (bicyclic) bond motifs is 3. The third-order valence-corrected chi connectivity index (χ3v) is 8.68. The Labute approximate surface area is 264 Å². The Morgan fingerprint density at radius 2 is 2.13 bits per heavy atom. The highest BCUT2D eigenvalue weighted by Crippen LogP contribution is 2.35. The third-order valence-electron chi connectivity index (χ3n) is 8.13. The summed E-state index contributed by atoms with van der Waals surface area (Å²) in [6, 6.07) is 8.02. The van der Waals surface area contributed by atoms with E-state index in [1.165, 1.54) is 0 Å². The Morgan fingerprint density at radius 1 is 1.29 bits per heavy atom. The molecule has 2 unspecified atom stereocenters. The molecule has 5 rings (SSSR count). The number of nitrogens with zero attached hydrogens (tertiary/aromatic N) is 6. The molecular formula is C30H41N10O4S-. The van der Waals surface area contributed by atoms with E-state index in [0.717, 1.165) is 47.5 Å². The molecule has 15 heteroatoms. The van der Waals surface area contributed by atoms with Gasteiger partial charge in [-0.1, -0.05) is 12.1 Å². The van der Waals surface area contributed by atoms with Gasteiger partial charge in [0.1, 0.15) is 0 Å². The van der Waals surface area contributed by atoms with Crippen LogP contribution in [0.3, 0.4) is 0 Å². The standard InChI is InChI=1S/C30H41N10O4S/c1-19-14-21(10-12-32-19)17-33-29(42)27-24-9-8-22-18-34-30(36-23-7-4-6-20(15-23)16-25(41)39(2)3)37-26(22)28(24)40(38-27)13-5-11-35-45(43)44-31/h4,6-7,15,18-19,21,32H,5,8-14,16-17,31H2,1-3H3,(H,33,42)(H,34,36,37)/q-1. The Hall–Kier alpha value is -3.92. The molecular weight excluding hydrogens is 596 g/mol. The number of piperidine rings is 1. The van der Waals surface area contributed by atoms with E-state index in [0.29, 0.717) is 61.6 Å². The van der Waals surface area contributed by atoms with Crippen LogP contribution in [-0.4, -0.2) is 76.2 Å². The molecule has 1 fully saturated rings. The minimum absolute atomic E-state index is 0.0118. The highest BCUT2D eigenvalue weighted by atomic mass is 32.2. The van der Waals surface area contributed by atoms with Gasteiger partial charge in [0.2, 0.25) is 11.9 Å². The summed E-state index contributed by atoms with van der Waals surface area (Å²) in [7, 11) is 1.56. The molecule has 242 valence electrons. The summed E-state index contributed by atoms with van der Waals surface area (Å²) < 4.78 is 21.4. The van der Waals surface area contributed by atoms with Crippen LogP contribution in [-0.2, 0) is 50.0 Å². The van der Waals surface area contributed by atoms with Gasteiger partial charge in [0.25, 0.3) is 5.91 Å². The Kier molecular flexibility index (Phi) is 10.8. The minimum Gasteiger partial charge on any atom is -0.416 e. The summed E-state index contributed by atoms with van der Waals surface area (Å²) >= 11 is 0. The Bertz CT molecular complexity index is 1620. The fourth-order valence-corrected chi connectivity index (χ4v) is 6.15.